The Morgan fingerprint density at radius 2 is 1.43 bits per heavy atom. The molecule has 0 atom stereocenters. The van der Waals surface area contributed by atoms with Crippen LogP contribution in [0.1, 0.15) is 82.7 Å². The average molecular weight is 381 g/mol. The second-order valence-corrected chi connectivity index (χ2v) is 7.69. The third-order valence-corrected chi connectivity index (χ3v) is 5.17. The number of aromatic nitrogens is 1. The zero-order valence-electron chi connectivity index (χ0n) is 17.2. The number of hydrogen-bond donors (Lipinski definition) is 1. The molecule has 0 radical (unpaired) electrons. The van der Waals surface area contributed by atoms with E-state index in [-0.39, 0.29) is 5.91 Å². The van der Waals surface area contributed by atoms with E-state index in [2.05, 4.69) is 48.6 Å². The summed E-state index contributed by atoms with van der Waals surface area (Å²) in [6.45, 7) is 0. The van der Waals surface area contributed by atoms with Crippen molar-refractivity contribution in [3.05, 3.63) is 54.2 Å². The SMILES string of the molecule is NC(=O)CCCCCCC/C=C\CCCCCCc1ccc2ccccc2n1. The number of hydrogen-bond acceptors (Lipinski definition) is 2. The van der Waals surface area contributed by atoms with Gasteiger partial charge in [0.05, 0.1) is 5.52 Å². The van der Waals surface area contributed by atoms with Gasteiger partial charge in [-0.05, 0) is 57.1 Å². The van der Waals surface area contributed by atoms with Crippen molar-refractivity contribution < 1.29 is 4.79 Å². The molecule has 0 saturated heterocycles. The number of benzene rings is 1. The highest BCUT2D eigenvalue weighted by Crippen LogP contribution is 2.14. The highest BCUT2D eigenvalue weighted by molar-refractivity contribution is 5.78. The van der Waals surface area contributed by atoms with Crippen LogP contribution in [0.4, 0.5) is 0 Å². The van der Waals surface area contributed by atoms with E-state index in [9.17, 15) is 4.79 Å². The van der Waals surface area contributed by atoms with Crippen LogP contribution in [0.5, 0.6) is 0 Å². The monoisotopic (exact) mass is 380 g/mol. The van der Waals surface area contributed by atoms with E-state index in [1.807, 2.05) is 0 Å². The quantitative estimate of drug-likeness (QED) is 0.283. The van der Waals surface area contributed by atoms with Crippen LogP contribution >= 0.6 is 0 Å². The highest BCUT2D eigenvalue weighted by Gasteiger charge is 1.98. The number of nitrogens with zero attached hydrogens (tertiary/aromatic N) is 1. The number of aryl methyl sites for hydroxylation is 1. The van der Waals surface area contributed by atoms with Crippen LogP contribution in [-0.2, 0) is 11.2 Å². The van der Waals surface area contributed by atoms with Crippen molar-refractivity contribution in [2.75, 3.05) is 0 Å². The maximum atomic E-state index is 10.6. The Balaban J connectivity index is 1.41. The largest absolute Gasteiger partial charge is 0.370 e. The second kappa shape index (κ2) is 13.9. The van der Waals surface area contributed by atoms with Crippen molar-refractivity contribution in [3.8, 4) is 0 Å². The summed E-state index contributed by atoms with van der Waals surface area (Å²) in [4.78, 5) is 15.4. The van der Waals surface area contributed by atoms with E-state index in [0.29, 0.717) is 6.42 Å². The van der Waals surface area contributed by atoms with E-state index < -0.39 is 0 Å². The van der Waals surface area contributed by atoms with Gasteiger partial charge in [-0.3, -0.25) is 9.78 Å². The molecule has 3 nitrogen and oxygen atoms in total. The topological polar surface area (TPSA) is 56.0 Å². The number of pyridine rings is 1. The minimum Gasteiger partial charge on any atom is -0.370 e. The first kappa shape index (κ1) is 22.1. The summed E-state index contributed by atoms with van der Waals surface area (Å²) in [6, 6.07) is 12.7. The lowest BCUT2D eigenvalue weighted by molar-refractivity contribution is -0.118. The number of carbonyl (C=O) groups excluding carboxylic acids is 1. The summed E-state index contributed by atoms with van der Waals surface area (Å²) in [5.74, 6) is -0.173. The number of carbonyl (C=O) groups is 1. The number of para-hydroxylation sites is 1. The molecule has 2 aromatic rings. The molecule has 0 aliphatic carbocycles. The predicted molar refractivity (Wildman–Crippen MR) is 119 cm³/mol. The van der Waals surface area contributed by atoms with Gasteiger partial charge in [-0.15, -0.1) is 0 Å². The van der Waals surface area contributed by atoms with Gasteiger partial charge in [0.25, 0.3) is 0 Å². The van der Waals surface area contributed by atoms with E-state index in [4.69, 9.17) is 10.7 Å². The average Bonchev–Trinajstić information content (AvgIpc) is 2.70. The van der Waals surface area contributed by atoms with Gasteiger partial charge in [0, 0.05) is 17.5 Å². The van der Waals surface area contributed by atoms with Gasteiger partial charge in [-0.25, -0.2) is 0 Å². The molecule has 0 aliphatic rings. The zero-order valence-corrected chi connectivity index (χ0v) is 17.2. The van der Waals surface area contributed by atoms with E-state index >= 15 is 0 Å². The summed E-state index contributed by atoms with van der Waals surface area (Å²) in [5, 5.41) is 1.22. The van der Waals surface area contributed by atoms with Crippen LogP contribution in [0.3, 0.4) is 0 Å². The van der Waals surface area contributed by atoms with Gasteiger partial charge >= 0.3 is 0 Å². The third kappa shape index (κ3) is 9.68. The van der Waals surface area contributed by atoms with Crippen molar-refractivity contribution in [1.29, 1.82) is 0 Å². The molecular formula is C25H36N2O. The Morgan fingerprint density at radius 3 is 2.18 bits per heavy atom. The number of nitrogens with two attached hydrogens (primary N) is 1. The van der Waals surface area contributed by atoms with Gasteiger partial charge < -0.3 is 5.73 Å². The predicted octanol–water partition coefficient (Wildman–Crippen LogP) is 6.50. The summed E-state index contributed by atoms with van der Waals surface area (Å²) in [6.07, 6.45) is 19.6. The van der Waals surface area contributed by atoms with E-state index in [0.717, 1.165) is 24.8 Å². The molecule has 28 heavy (non-hydrogen) atoms. The first-order chi connectivity index (χ1) is 13.8. The number of fused-ring (bicyclic) bond motifs is 1. The van der Waals surface area contributed by atoms with E-state index in [1.54, 1.807) is 0 Å². The number of allylic oxidation sites excluding steroid dienone is 2. The molecule has 0 unspecified atom stereocenters. The molecule has 1 heterocycles. The van der Waals surface area contributed by atoms with Crippen LogP contribution in [0.25, 0.3) is 10.9 Å². The second-order valence-electron chi connectivity index (χ2n) is 7.69. The molecule has 1 amide bonds. The molecule has 2 rings (SSSR count). The van der Waals surface area contributed by atoms with Crippen LogP contribution < -0.4 is 5.73 Å². The van der Waals surface area contributed by atoms with Crippen molar-refractivity contribution >= 4 is 16.8 Å². The van der Waals surface area contributed by atoms with Gasteiger partial charge in [-0.2, -0.15) is 0 Å². The Morgan fingerprint density at radius 1 is 0.786 bits per heavy atom. The molecule has 152 valence electrons. The Kier molecular flexibility index (Phi) is 11.0. The summed E-state index contributed by atoms with van der Waals surface area (Å²) < 4.78 is 0. The molecular weight excluding hydrogens is 344 g/mol. The highest BCUT2D eigenvalue weighted by atomic mass is 16.1. The van der Waals surface area contributed by atoms with Crippen molar-refractivity contribution in [1.82, 2.24) is 4.98 Å². The zero-order chi connectivity index (χ0) is 19.9. The Hall–Kier alpha value is -2.16. The number of amides is 1. The lowest BCUT2D eigenvalue weighted by Gasteiger charge is -2.03. The number of rotatable bonds is 15. The molecule has 1 aromatic carbocycles. The standard InChI is InChI=1S/C25H36N2O/c26-25(28)19-13-11-9-7-5-3-1-2-4-6-8-10-12-17-23-21-20-22-16-14-15-18-24(22)27-23/h1-2,14-16,18,20-21H,3-13,17,19H2,(H2,26,28)/b2-1-. The number of primary amides is 1. The fourth-order valence-electron chi connectivity index (χ4n) is 3.50. The maximum absolute atomic E-state index is 10.6. The third-order valence-electron chi connectivity index (χ3n) is 5.17. The van der Waals surface area contributed by atoms with Crippen LogP contribution in [-0.4, -0.2) is 10.9 Å². The van der Waals surface area contributed by atoms with Crippen molar-refractivity contribution in [2.24, 2.45) is 5.73 Å². The number of unbranched alkanes of at least 4 members (excludes halogenated alkanes) is 9. The first-order valence-corrected chi connectivity index (χ1v) is 11.0. The fraction of sp³-hybridized carbons (Fsp3) is 0.520. The fourth-order valence-corrected chi connectivity index (χ4v) is 3.50. The molecule has 0 bridgehead atoms. The molecule has 0 spiro atoms. The van der Waals surface area contributed by atoms with Crippen LogP contribution in [0, 0.1) is 0 Å². The summed E-state index contributed by atoms with van der Waals surface area (Å²) in [7, 11) is 0. The molecule has 2 N–H and O–H groups in total. The van der Waals surface area contributed by atoms with Gasteiger partial charge in [0.15, 0.2) is 0 Å². The van der Waals surface area contributed by atoms with Crippen molar-refractivity contribution in [3.63, 3.8) is 0 Å². The van der Waals surface area contributed by atoms with Crippen molar-refractivity contribution in [2.45, 2.75) is 83.5 Å². The smallest absolute Gasteiger partial charge is 0.217 e. The maximum Gasteiger partial charge on any atom is 0.217 e. The van der Waals surface area contributed by atoms with Crippen LogP contribution in [0.15, 0.2) is 48.6 Å². The Labute approximate surface area is 170 Å². The molecule has 1 aromatic heterocycles. The summed E-state index contributed by atoms with van der Waals surface area (Å²) >= 11 is 0. The van der Waals surface area contributed by atoms with Gasteiger partial charge in [0.1, 0.15) is 0 Å². The minimum absolute atomic E-state index is 0.173. The van der Waals surface area contributed by atoms with Gasteiger partial charge in [0.2, 0.25) is 5.91 Å². The minimum atomic E-state index is -0.173. The normalized spacial score (nSPS) is 11.4. The lowest BCUT2D eigenvalue weighted by Crippen LogP contribution is -2.09. The van der Waals surface area contributed by atoms with E-state index in [1.165, 1.54) is 68.9 Å². The summed E-state index contributed by atoms with van der Waals surface area (Å²) in [5.41, 5.74) is 7.46. The molecule has 0 fully saturated rings. The molecule has 0 saturated carbocycles. The first-order valence-electron chi connectivity index (χ1n) is 11.0. The molecule has 0 aliphatic heterocycles. The lowest BCUT2D eigenvalue weighted by atomic mass is 10.1. The molecule has 3 heteroatoms. The van der Waals surface area contributed by atoms with Crippen LogP contribution in [0.2, 0.25) is 0 Å². The van der Waals surface area contributed by atoms with Gasteiger partial charge in [-0.1, -0.05) is 68.5 Å². The Bertz CT molecular complexity index is 723.